The van der Waals surface area contributed by atoms with E-state index in [1.165, 1.54) is 18.0 Å². The molecule has 1 aliphatic rings. The molecule has 152 valence electrons. The van der Waals surface area contributed by atoms with Gasteiger partial charge in [-0.2, -0.15) is 0 Å². The molecular weight excluding hydrogens is 437 g/mol. The van der Waals surface area contributed by atoms with Crippen molar-refractivity contribution in [1.29, 1.82) is 0 Å². The van der Waals surface area contributed by atoms with Gasteiger partial charge in [-0.3, -0.25) is 14.4 Å². The van der Waals surface area contributed by atoms with E-state index in [-0.39, 0.29) is 24.3 Å². The Labute approximate surface area is 183 Å². The molecule has 1 saturated heterocycles. The van der Waals surface area contributed by atoms with Crippen LogP contribution in [0.2, 0.25) is 15.1 Å². The lowest BCUT2D eigenvalue weighted by Gasteiger charge is -2.20. The summed E-state index contributed by atoms with van der Waals surface area (Å²) in [5.41, 5.74) is 1.33. The second-order valence-corrected chi connectivity index (χ2v) is 7.88. The fraction of sp³-hybridized carbons (Fsp3) is 0.250. The van der Waals surface area contributed by atoms with Crippen molar-refractivity contribution in [3.8, 4) is 0 Å². The molecular formula is C20H18Cl3N3O3. The molecule has 1 heterocycles. The molecule has 1 aliphatic heterocycles. The van der Waals surface area contributed by atoms with Crippen LogP contribution in [0, 0.1) is 0 Å². The Bertz CT molecular complexity index is 981. The summed E-state index contributed by atoms with van der Waals surface area (Å²) in [4.78, 5) is 39.9. The first-order valence-corrected chi connectivity index (χ1v) is 10.00. The maximum absolute atomic E-state index is 12.8. The van der Waals surface area contributed by atoms with Gasteiger partial charge in [0.2, 0.25) is 11.8 Å². The summed E-state index contributed by atoms with van der Waals surface area (Å²) in [6.07, 6.45) is 1.21. The number of benzene rings is 2. The summed E-state index contributed by atoms with van der Waals surface area (Å²) in [5, 5.41) is 3.77. The maximum Gasteiger partial charge on any atom is 0.254 e. The van der Waals surface area contributed by atoms with Crippen LogP contribution in [0.4, 0.5) is 11.4 Å². The number of amides is 3. The van der Waals surface area contributed by atoms with Crippen molar-refractivity contribution in [2.24, 2.45) is 0 Å². The molecule has 0 unspecified atom stereocenters. The summed E-state index contributed by atoms with van der Waals surface area (Å²) in [6.45, 7) is 0.401. The SMILES string of the molecule is CN(CC(=O)Nc1ccc(Cl)c(Cl)c1)C(=O)c1ccc(Cl)c(N2CCCC2=O)c1. The Morgan fingerprint density at radius 2 is 1.79 bits per heavy atom. The fourth-order valence-corrected chi connectivity index (χ4v) is 3.56. The number of nitrogens with one attached hydrogen (secondary N) is 1. The summed E-state index contributed by atoms with van der Waals surface area (Å²) in [7, 11) is 1.52. The monoisotopic (exact) mass is 453 g/mol. The van der Waals surface area contributed by atoms with Crippen molar-refractivity contribution in [2.45, 2.75) is 12.8 Å². The van der Waals surface area contributed by atoms with E-state index in [4.69, 9.17) is 34.8 Å². The number of carbonyl (C=O) groups is 3. The second kappa shape index (κ2) is 9.03. The van der Waals surface area contributed by atoms with E-state index in [0.717, 1.165) is 6.42 Å². The summed E-state index contributed by atoms with van der Waals surface area (Å²) in [6, 6.07) is 9.46. The zero-order valence-electron chi connectivity index (χ0n) is 15.5. The molecule has 0 bridgehead atoms. The molecule has 0 atom stereocenters. The molecule has 6 nitrogen and oxygen atoms in total. The quantitative estimate of drug-likeness (QED) is 0.724. The number of carbonyl (C=O) groups excluding carboxylic acids is 3. The fourth-order valence-electron chi connectivity index (χ4n) is 3.04. The van der Waals surface area contributed by atoms with E-state index in [2.05, 4.69) is 5.32 Å². The van der Waals surface area contributed by atoms with Gasteiger partial charge in [0.15, 0.2) is 0 Å². The minimum absolute atomic E-state index is 0.0224. The Morgan fingerprint density at radius 3 is 2.45 bits per heavy atom. The molecule has 29 heavy (non-hydrogen) atoms. The number of rotatable bonds is 5. The largest absolute Gasteiger partial charge is 0.332 e. The van der Waals surface area contributed by atoms with Gasteiger partial charge >= 0.3 is 0 Å². The van der Waals surface area contributed by atoms with Crippen molar-refractivity contribution < 1.29 is 14.4 Å². The molecule has 1 N–H and O–H groups in total. The van der Waals surface area contributed by atoms with E-state index in [1.54, 1.807) is 35.2 Å². The molecule has 0 aliphatic carbocycles. The lowest BCUT2D eigenvalue weighted by molar-refractivity contribution is -0.117. The van der Waals surface area contributed by atoms with Gasteiger partial charge in [-0.15, -0.1) is 0 Å². The van der Waals surface area contributed by atoms with Crippen LogP contribution in [-0.4, -0.2) is 42.8 Å². The lowest BCUT2D eigenvalue weighted by Crippen LogP contribution is -2.35. The summed E-state index contributed by atoms with van der Waals surface area (Å²) < 4.78 is 0. The molecule has 9 heteroatoms. The van der Waals surface area contributed by atoms with E-state index in [1.807, 2.05) is 0 Å². The van der Waals surface area contributed by atoms with Crippen molar-refractivity contribution in [2.75, 3.05) is 30.4 Å². The van der Waals surface area contributed by atoms with Gasteiger partial charge in [0, 0.05) is 31.3 Å². The Kier molecular flexibility index (Phi) is 6.67. The van der Waals surface area contributed by atoms with Crippen LogP contribution in [-0.2, 0) is 9.59 Å². The molecule has 3 rings (SSSR count). The average Bonchev–Trinajstić information content (AvgIpc) is 3.10. The number of likely N-dealkylation sites (N-methyl/N-ethyl adjacent to an activating group) is 1. The van der Waals surface area contributed by atoms with Crippen LogP contribution in [0.5, 0.6) is 0 Å². The third-order valence-electron chi connectivity index (χ3n) is 4.49. The molecule has 0 spiro atoms. The van der Waals surface area contributed by atoms with E-state index in [0.29, 0.717) is 45.0 Å². The van der Waals surface area contributed by atoms with Crippen LogP contribution in [0.25, 0.3) is 0 Å². The van der Waals surface area contributed by atoms with Crippen LogP contribution in [0.1, 0.15) is 23.2 Å². The standard InChI is InChI=1S/C20H18Cl3N3O3/c1-25(11-18(27)24-13-5-7-14(21)16(23)10-13)20(29)12-4-6-15(22)17(9-12)26-8-2-3-19(26)28/h4-7,9-10H,2-3,8,11H2,1H3,(H,24,27). The van der Waals surface area contributed by atoms with Crippen molar-refractivity contribution in [1.82, 2.24) is 4.90 Å². The number of anilines is 2. The highest BCUT2D eigenvalue weighted by Gasteiger charge is 2.25. The second-order valence-electron chi connectivity index (χ2n) is 6.65. The van der Waals surface area contributed by atoms with Gasteiger partial charge in [0.05, 0.1) is 27.3 Å². The Balaban J connectivity index is 1.68. The van der Waals surface area contributed by atoms with Crippen LogP contribution in [0.3, 0.4) is 0 Å². The van der Waals surface area contributed by atoms with E-state index < -0.39 is 0 Å². The van der Waals surface area contributed by atoms with Crippen LogP contribution >= 0.6 is 34.8 Å². The smallest absolute Gasteiger partial charge is 0.254 e. The van der Waals surface area contributed by atoms with E-state index >= 15 is 0 Å². The van der Waals surface area contributed by atoms with Crippen LogP contribution in [0.15, 0.2) is 36.4 Å². The first kappa shape index (κ1) is 21.4. The van der Waals surface area contributed by atoms with Gasteiger partial charge in [0.1, 0.15) is 0 Å². The number of nitrogens with zero attached hydrogens (tertiary/aromatic N) is 2. The number of hydrogen-bond donors (Lipinski definition) is 1. The average molecular weight is 455 g/mol. The van der Waals surface area contributed by atoms with Crippen molar-refractivity contribution >= 4 is 63.9 Å². The Hall–Kier alpha value is -2.28. The highest BCUT2D eigenvalue weighted by atomic mass is 35.5. The molecule has 2 aromatic carbocycles. The molecule has 0 aromatic heterocycles. The summed E-state index contributed by atoms with van der Waals surface area (Å²) in [5.74, 6) is -0.771. The topological polar surface area (TPSA) is 69.7 Å². The Morgan fingerprint density at radius 1 is 1.07 bits per heavy atom. The van der Waals surface area contributed by atoms with Crippen molar-refractivity contribution in [3.63, 3.8) is 0 Å². The van der Waals surface area contributed by atoms with E-state index in [9.17, 15) is 14.4 Å². The van der Waals surface area contributed by atoms with Crippen molar-refractivity contribution in [3.05, 3.63) is 57.0 Å². The van der Waals surface area contributed by atoms with Gasteiger partial charge in [-0.05, 0) is 42.8 Å². The minimum Gasteiger partial charge on any atom is -0.332 e. The normalized spacial score (nSPS) is 13.5. The minimum atomic E-state index is -0.386. The third kappa shape index (κ3) is 5.01. The molecule has 3 amide bonds. The first-order chi connectivity index (χ1) is 13.8. The molecule has 1 fully saturated rings. The zero-order valence-corrected chi connectivity index (χ0v) is 17.8. The third-order valence-corrected chi connectivity index (χ3v) is 5.55. The maximum atomic E-state index is 12.8. The predicted molar refractivity (Wildman–Crippen MR) is 115 cm³/mol. The highest BCUT2D eigenvalue weighted by molar-refractivity contribution is 6.42. The molecule has 0 radical (unpaired) electrons. The zero-order chi connectivity index (χ0) is 21.1. The molecule has 2 aromatic rings. The summed E-state index contributed by atoms with van der Waals surface area (Å²) >= 11 is 18.0. The van der Waals surface area contributed by atoms with Gasteiger partial charge in [-0.1, -0.05) is 34.8 Å². The van der Waals surface area contributed by atoms with Gasteiger partial charge in [0.25, 0.3) is 5.91 Å². The lowest BCUT2D eigenvalue weighted by atomic mass is 10.1. The first-order valence-electron chi connectivity index (χ1n) is 8.86. The molecule has 0 saturated carbocycles. The number of halogens is 3. The number of hydrogen-bond acceptors (Lipinski definition) is 3. The van der Waals surface area contributed by atoms with Crippen LogP contribution < -0.4 is 10.2 Å². The van der Waals surface area contributed by atoms with Gasteiger partial charge in [-0.25, -0.2) is 0 Å². The highest BCUT2D eigenvalue weighted by Crippen LogP contribution is 2.31. The van der Waals surface area contributed by atoms with Gasteiger partial charge < -0.3 is 15.1 Å². The predicted octanol–water partition coefficient (Wildman–Crippen LogP) is 4.48.